The number of furan rings is 1. The maximum Gasteiger partial charge on any atom is 0.253 e. The number of phenols is 1. The van der Waals surface area contributed by atoms with E-state index in [1.807, 2.05) is 0 Å². The van der Waals surface area contributed by atoms with Crippen LogP contribution in [0.25, 0.3) is 6.08 Å². The van der Waals surface area contributed by atoms with Gasteiger partial charge >= 0.3 is 0 Å². The Morgan fingerprint density at radius 2 is 2.21 bits per heavy atom. The molecule has 2 rings (SSSR count). The third-order valence-corrected chi connectivity index (χ3v) is 2.54. The number of carbonyl (C=O) groups excluding carboxylic acids is 1. The topological polar surface area (TPSA) is 88.5 Å². The monoisotopic (exact) mass is 258 g/mol. The fourth-order valence-corrected chi connectivity index (χ4v) is 1.55. The van der Waals surface area contributed by atoms with Gasteiger partial charge in [0.05, 0.1) is 6.26 Å². The standard InChI is InChI=1S/C14H14N2O3/c1-9(14(18)16-13-3-2-6-19-13)7-10-8-11(15)4-5-12(10)17/h2-8,17H,15H2,1H3,(H,16,18). The molecule has 0 fully saturated rings. The first-order valence-corrected chi connectivity index (χ1v) is 5.68. The second-order valence-electron chi connectivity index (χ2n) is 4.08. The summed E-state index contributed by atoms with van der Waals surface area (Å²) in [7, 11) is 0. The van der Waals surface area contributed by atoms with Crippen molar-refractivity contribution in [2.45, 2.75) is 6.92 Å². The Morgan fingerprint density at radius 1 is 1.42 bits per heavy atom. The summed E-state index contributed by atoms with van der Waals surface area (Å²) in [5.41, 5.74) is 7.07. The van der Waals surface area contributed by atoms with E-state index in [4.69, 9.17) is 10.2 Å². The average Bonchev–Trinajstić information content (AvgIpc) is 2.86. The van der Waals surface area contributed by atoms with Gasteiger partial charge in [0.2, 0.25) is 0 Å². The summed E-state index contributed by atoms with van der Waals surface area (Å²) in [6, 6.07) is 7.99. The molecule has 0 atom stereocenters. The highest BCUT2D eigenvalue weighted by Gasteiger charge is 2.08. The van der Waals surface area contributed by atoms with Crippen LogP contribution >= 0.6 is 0 Å². The molecule has 0 aliphatic heterocycles. The number of nitrogen functional groups attached to an aromatic ring is 1. The molecule has 5 heteroatoms. The fourth-order valence-electron chi connectivity index (χ4n) is 1.55. The lowest BCUT2D eigenvalue weighted by Crippen LogP contribution is -2.11. The molecule has 0 aliphatic rings. The summed E-state index contributed by atoms with van der Waals surface area (Å²) >= 11 is 0. The van der Waals surface area contributed by atoms with Crippen molar-refractivity contribution < 1.29 is 14.3 Å². The Morgan fingerprint density at radius 3 is 2.89 bits per heavy atom. The van der Waals surface area contributed by atoms with Crippen molar-refractivity contribution in [2.75, 3.05) is 11.1 Å². The lowest BCUT2D eigenvalue weighted by atomic mass is 10.1. The zero-order valence-electron chi connectivity index (χ0n) is 10.4. The largest absolute Gasteiger partial charge is 0.507 e. The summed E-state index contributed by atoms with van der Waals surface area (Å²) in [4.78, 5) is 11.9. The summed E-state index contributed by atoms with van der Waals surface area (Å²) in [6.07, 6.45) is 3.03. The third kappa shape index (κ3) is 3.16. The van der Waals surface area contributed by atoms with Gasteiger partial charge < -0.3 is 15.3 Å². The number of nitrogens with two attached hydrogens (primary N) is 1. The molecule has 2 aromatic rings. The van der Waals surface area contributed by atoms with Gasteiger partial charge in [-0.1, -0.05) is 0 Å². The second kappa shape index (κ2) is 5.30. The zero-order valence-corrected chi connectivity index (χ0v) is 10.4. The van der Waals surface area contributed by atoms with E-state index in [0.29, 0.717) is 22.7 Å². The maximum atomic E-state index is 11.9. The SMILES string of the molecule is CC(=Cc1cc(N)ccc1O)C(=O)Nc1ccco1. The molecule has 0 saturated carbocycles. The molecule has 0 unspecified atom stereocenters. The summed E-state index contributed by atoms with van der Waals surface area (Å²) in [5.74, 6) is 0.130. The highest BCUT2D eigenvalue weighted by molar-refractivity contribution is 6.05. The van der Waals surface area contributed by atoms with Gasteiger partial charge in [0.25, 0.3) is 5.91 Å². The lowest BCUT2D eigenvalue weighted by Gasteiger charge is -2.04. The van der Waals surface area contributed by atoms with Gasteiger partial charge in [0.1, 0.15) is 5.75 Å². The molecule has 1 heterocycles. The highest BCUT2D eigenvalue weighted by Crippen LogP contribution is 2.22. The Hall–Kier alpha value is -2.69. The number of hydrogen-bond acceptors (Lipinski definition) is 4. The van der Waals surface area contributed by atoms with Crippen molar-refractivity contribution in [3.05, 3.63) is 47.7 Å². The molecule has 19 heavy (non-hydrogen) atoms. The van der Waals surface area contributed by atoms with Crippen LogP contribution in [0.2, 0.25) is 0 Å². The van der Waals surface area contributed by atoms with E-state index in [0.717, 1.165) is 0 Å². The van der Waals surface area contributed by atoms with Crippen molar-refractivity contribution in [3.63, 3.8) is 0 Å². The van der Waals surface area contributed by atoms with Gasteiger partial charge in [0.15, 0.2) is 5.88 Å². The van der Waals surface area contributed by atoms with E-state index in [1.54, 1.807) is 37.3 Å². The molecule has 0 bridgehead atoms. The van der Waals surface area contributed by atoms with Crippen LogP contribution in [0.3, 0.4) is 0 Å². The summed E-state index contributed by atoms with van der Waals surface area (Å²) < 4.78 is 5.02. The van der Waals surface area contributed by atoms with Gasteiger partial charge in [-0.15, -0.1) is 0 Å². The van der Waals surface area contributed by atoms with Gasteiger partial charge in [-0.3, -0.25) is 10.1 Å². The minimum atomic E-state index is -0.309. The molecule has 1 aromatic carbocycles. The number of benzene rings is 1. The van der Waals surface area contributed by atoms with Crippen LogP contribution in [-0.2, 0) is 4.79 Å². The number of nitrogens with one attached hydrogen (secondary N) is 1. The number of carbonyl (C=O) groups is 1. The molecule has 1 amide bonds. The van der Waals surface area contributed by atoms with Gasteiger partial charge in [-0.25, -0.2) is 0 Å². The number of aromatic hydroxyl groups is 1. The molecular formula is C14H14N2O3. The predicted octanol–water partition coefficient (Wildman–Crippen LogP) is 2.61. The Balaban J connectivity index is 2.18. The van der Waals surface area contributed by atoms with E-state index >= 15 is 0 Å². The number of rotatable bonds is 3. The van der Waals surface area contributed by atoms with Crippen LogP contribution in [0.15, 0.2) is 46.6 Å². The molecule has 0 saturated heterocycles. The molecule has 1 aromatic heterocycles. The normalized spacial score (nSPS) is 11.3. The molecule has 0 radical (unpaired) electrons. The zero-order chi connectivity index (χ0) is 13.8. The van der Waals surface area contributed by atoms with Crippen molar-refractivity contribution in [1.29, 1.82) is 0 Å². The van der Waals surface area contributed by atoms with Gasteiger partial charge in [-0.05, 0) is 37.3 Å². The van der Waals surface area contributed by atoms with Gasteiger partial charge in [-0.2, -0.15) is 0 Å². The van der Waals surface area contributed by atoms with Crippen molar-refractivity contribution in [1.82, 2.24) is 0 Å². The summed E-state index contributed by atoms with van der Waals surface area (Å²) in [6.45, 7) is 1.64. The minimum absolute atomic E-state index is 0.0688. The minimum Gasteiger partial charge on any atom is -0.507 e. The molecule has 0 aliphatic carbocycles. The van der Waals surface area contributed by atoms with E-state index in [1.165, 1.54) is 12.3 Å². The quantitative estimate of drug-likeness (QED) is 0.448. The molecule has 5 nitrogen and oxygen atoms in total. The first-order chi connectivity index (χ1) is 9.06. The van der Waals surface area contributed by atoms with E-state index in [9.17, 15) is 9.90 Å². The number of amides is 1. The van der Waals surface area contributed by atoms with Crippen LogP contribution in [-0.4, -0.2) is 11.0 Å². The second-order valence-corrected chi connectivity index (χ2v) is 4.08. The van der Waals surface area contributed by atoms with E-state index in [-0.39, 0.29) is 11.7 Å². The number of anilines is 2. The Labute approximate surface area is 110 Å². The Kier molecular flexibility index (Phi) is 3.56. The van der Waals surface area contributed by atoms with Crippen molar-refractivity contribution in [3.8, 4) is 5.75 Å². The number of phenolic OH excluding ortho intramolecular Hbond substituents is 1. The molecule has 0 spiro atoms. The first-order valence-electron chi connectivity index (χ1n) is 5.68. The third-order valence-electron chi connectivity index (χ3n) is 2.54. The maximum absolute atomic E-state index is 11.9. The van der Waals surface area contributed by atoms with Crippen LogP contribution in [0.5, 0.6) is 5.75 Å². The molecule has 98 valence electrons. The predicted molar refractivity (Wildman–Crippen MR) is 73.5 cm³/mol. The van der Waals surface area contributed by atoms with Crippen LogP contribution in [0, 0.1) is 0 Å². The van der Waals surface area contributed by atoms with Crippen LogP contribution in [0.4, 0.5) is 11.6 Å². The fraction of sp³-hybridized carbons (Fsp3) is 0.0714. The molecular weight excluding hydrogens is 244 g/mol. The van der Waals surface area contributed by atoms with Gasteiger partial charge in [0, 0.05) is 22.9 Å². The van der Waals surface area contributed by atoms with E-state index < -0.39 is 0 Å². The number of hydrogen-bond donors (Lipinski definition) is 3. The average molecular weight is 258 g/mol. The highest BCUT2D eigenvalue weighted by atomic mass is 16.3. The summed E-state index contributed by atoms with van der Waals surface area (Å²) in [5, 5.41) is 12.3. The smallest absolute Gasteiger partial charge is 0.253 e. The van der Waals surface area contributed by atoms with E-state index in [2.05, 4.69) is 5.32 Å². The van der Waals surface area contributed by atoms with Crippen LogP contribution in [0.1, 0.15) is 12.5 Å². The first kappa shape index (κ1) is 12.8. The van der Waals surface area contributed by atoms with Crippen molar-refractivity contribution in [2.24, 2.45) is 0 Å². The Bertz CT molecular complexity index is 616. The molecule has 4 N–H and O–H groups in total. The van der Waals surface area contributed by atoms with Crippen molar-refractivity contribution >= 4 is 23.6 Å². The lowest BCUT2D eigenvalue weighted by molar-refractivity contribution is -0.112. The van der Waals surface area contributed by atoms with Crippen LogP contribution < -0.4 is 11.1 Å².